The molecule has 1 aromatic carbocycles. The van der Waals surface area contributed by atoms with E-state index in [1.54, 1.807) is 0 Å². The molecule has 0 spiro atoms. The number of aliphatic hydroxyl groups excluding tert-OH is 1. The SMILES string of the molecule is CCOc1ccccc1[C@H](O)CCC1OCCCO1. The van der Waals surface area contributed by atoms with Crippen molar-refractivity contribution in [3.8, 4) is 5.75 Å². The lowest BCUT2D eigenvalue weighted by Gasteiger charge is -2.24. The van der Waals surface area contributed by atoms with Crippen molar-refractivity contribution in [2.75, 3.05) is 19.8 Å². The summed E-state index contributed by atoms with van der Waals surface area (Å²) in [5.74, 6) is 0.753. The second kappa shape index (κ2) is 7.48. The maximum absolute atomic E-state index is 10.3. The molecule has 1 aliphatic rings. The van der Waals surface area contributed by atoms with Gasteiger partial charge < -0.3 is 19.3 Å². The zero-order valence-electron chi connectivity index (χ0n) is 11.4. The third kappa shape index (κ3) is 4.20. The highest BCUT2D eigenvalue weighted by molar-refractivity contribution is 5.35. The minimum Gasteiger partial charge on any atom is -0.493 e. The number of hydrogen-bond donors (Lipinski definition) is 1. The Morgan fingerprint density at radius 2 is 2.05 bits per heavy atom. The molecule has 0 aliphatic carbocycles. The average molecular weight is 266 g/mol. The normalized spacial score (nSPS) is 18.2. The Morgan fingerprint density at radius 1 is 1.32 bits per heavy atom. The molecule has 0 radical (unpaired) electrons. The third-order valence-electron chi connectivity index (χ3n) is 3.15. The second-order valence-electron chi connectivity index (χ2n) is 4.59. The van der Waals surface area contributed by atoms with Crippen LogP contribution in [0.3, 0.4) is 0 Å². The lowest BCUT2D eigenvalue weighted by atomic mass is 10.0. The summed E-state index contributed by atoms with van der Waals surface area (Å²) >= 11 is 0. The molecule has 2 rings (SSSR count). The summed E-state index contributed by atoms with van der Waals surface area (Å²) in [6.07, 6.45) is 1.53. The Hall–Kier alpha value is -1.10. The number of rotatable bonds is 6. The van der Waals surface area contributed by atoms with Gasteiger partial charge in [-0.1, -0.05) is 18.2 Å². The molecule has 4 nitrogen and oxygen atoms in total. The molecule has 0 unspecified atom stereocenters. The third-order valence-corrected chi connectivity index (χ3v) is 3.15. The first-order chi connectivity index (χ1) is 9.31. The summed E-state index contributed by atoms with van der Waals surface area (Å²) in [6, 6.07) is 7.61. The molecule has 4 heteroatoms. The van der Waals surface area contributed by atoms with Crippen LogP contribution in [0.2, 0.25) is 0 Å². The monoisotopic (exact) mass is 266 g/mol. The fraction of sp³-hybridized carbons (Fsp3) is 0.600. The molecular formula is C15H22O4. The van der Waals surface area contributed by atoms with Crippen LogP contribution in [0.15, 0.2) is 24.3 Å². The van der Waals surface area contributed by atoms with E-state index in [0.717, 1.165) is 30.9 Å². The van der Waals surface area contributed by atoms with Gasteiger partial charge in [0, 0.05) is 12.0 Å². The van der Waals surface area contributed by atoms with Crippen LogP contribution in [-0.2, 0) is 9.47 Å². The number of ether oxygens (including phenoxy) is 3. The molecule has 0 aromatic heterocycles. The van der Waals surface area contributed by atoms with E-state index in [0.29, 0.717) is 19.4 Å². The molecule has 1 N–H and O–H groups in total. The Bertz CT molecular complexity index is 374. The average Bonchev–Trinajstić information content (AvgIpc) is 2.47. The number of benzene rings is 1. The van der Waals surface area contributed by atoms with Crippen molar-refractivity contribution in [2.45, 2.75) is 38.6 Å². The van der Waals surface area contributed by atoms with Gasteiger partial charge in [-0.2, -0.15) is 0 Å². The number of aliphatic hydroxyl groups is 1. The molecule has 1 atom stereocenters. The lowest BCUT2D eigenvalue weighted by molar-refractivity contribution is -0.183. The van der Waals surface area contributed by atoms with Crippen molar-refractivity contribution < 1.29 is 19.3 Å². The molecule has 0 bridgehead atoms. The summed E-state index contributed by atoms with van der Waals surface area (Å²) in [7, 11) is 0. The van der Waals surface area contributed by atoms with Gasteiger partial charge in [0.15, 0.2) is 6.29 Å². The van der Waals surface area contributed by atoms with Crippen LogP contribution in [-0.4, -0.2) is 31.2 Å². The molecule has 0 amide bonds. The zero-order chi connectivity index (χ0) is 13.5. The molecule has 19 heavy (non-hydrogen) atoms. The molecule has 0 saturated carbocycles. The zero-order valence-corrected chi connectivity index (χ0v) is 11.4. The van der Waals surface area contributed by atoms with E-state index >= 15 is 0 Å². The largest absolute Gasteiger partial charge is 0.493 e. The Balaban J connectivity index is 1.89. The summed E-state index contributed by atoms with van der Waals surface area (Å²) in [6.45, 7) is 4.03. The maximum atomic E-state index is 10.3. The van der Waals surface area contributed by atoms with Gasteiger partial charge in [-0.3, -0.25) is 0 Å². The van der Waals surface area contributed by atoms with E-state index in [9.17, 15) is 5.11 Å². The van der Waals surface area contributed by atoms with Crippen LogP contribution in [0.5, 0.6) is 5.75 Å². The summed E-state index contributed by atoms with van der Waals surface area (Å²) < 4.78 is 16.5. The first-order valence-electron chi connectivity index (χ1n) is 6.94. The van der Waals surface area contributed by atoms with E-state index in [2.05, 4.69) is 0 Å². The van der Waals surface area contributed by atoms with Gasteiger partial charge in [0.25, 0.3) is 0 Å². The van der Waals surface area contributed by atoms with Crippen LogP contribution in [0.4, 0.5) is 0 Å². The molecule has 1 aromatic rings. The Kier molecular flexibility index (Phi) is 5.63. The predicted molar refractivity (Wildman–Crippen MR) is 72.1 cm³/mol. The van der Waals surface area contributed by atoms with Crippen molar-refractivity contribution in [1.82, 2.24) is 0 Å². The van der Waals surface area contributed by atoms with Crippen LogP contribution in [0, 0.1) is 0 Å². The molecule has 106 valence electrons. The fourth-order valence-corrected chi connectivity index (χ4v) is 2.20. The van der Waals surface area contributed by atoms with Crippen molar-refractivity contribution in [3.05, 3.63) is 29.8 Å². The van der Waals surface area contributed by atoms with Crippen LogP contribution >= 0.6 is 0 Å². The van der Waals surface area contributed by atoms with E-state index < -0.39 is 6.10 Å². The van der Waals surface area contributed by atoms with E-state index in [4.69, 9.17) is 14.2 Å². The highest BCUT2D eigenvalue weighted by atomic mass is 16.7. The van der Waals surface area contributed by atoms with Gasteiger partial charge in [-0.25, -0.2) is 0 Å². The molecular weight excluding hydrogens is 244 g/mol. The topological polar surface area (TPSA) is 47.9 Å². The smallest absolute Gasteiger partial charge is 0.157 e. The van der Waals surface area contributed by atoms with Crippen molar-refractivity contribution in [3.63, 3.8) is 0 Å². The first kappa shape index (κ1) is 14.3. The van der Waals surface area contributed by atoms with Crippen LogP contribution in [0.1, 0.15) is 37.9 Å². The quantitative estimate of drug-likeness (QED) is 0.860. The van der Waals surface area contributed by atoms with E-state index in [-0.39, 0.29) is 6.29 Å². The number of hydrogen-bond acceptors (Lipinski definition) is 4. The summed E-state index contributed by atoms with van der Waals surface area (Å²) in [5, 5.41) is 10.3. The van der Waals surface area contributed by atoms with Gasteiger partial charge in [0.1, 0.15) is 5.75 Å². The Labute approximate surface area is 114 Å². The predicted octanol–water partition coefficient (Wildman–Crippen LogP) is 2.66. The van der Waals surface area contributed by atoms with Crippen molar-refractivity contribution in [1.29, 1.82) is 0 Å². The highest BCUT2D eigenvalue weighted by Gasteiger charge is 2.18. The maximum Gasteiger partial charge on any atom is 0.157 e. The highest BCUT2D eigenvalue weighted by Crippen LogP contribution is 2.29. The standard InChI is InChI=1S/C15H22O4/c1-2-17-14-7-4-3-6-12(14)13(16)8-9-15-18-10-5-11-19-15/h3-4,6-7,13,15-16H,2,5,8-11H2,1H3/t13-/m1/s1. The molecule has 1 heterocycles. The van der Waals surface area contributed by atoms with Crippen molar-refractivity contribution >= 4 is 0 Å². The van der Waals surface area contributed by atoms with Gasteiger partial charge in [0.2, 0.25) is 0 Å². The summed E-state index contributed by atoms with van der Waals surface area (Å²) in [5.41, 5.74) is 0.833. The van der Waals surface area contributed by atoms with Crippen LogP contribution in [0.25, 0.3) is 0 Å². The van der Waals surface area contributed by atoms with Gasteiger partial charge in [-0.05, 0) is 25.8 Å². The summed E-state index contributed by atoms with van der Waals surface area (Å²) in [4.78, 5) is 0. The molecule has 1 fully saturated rings. The fourth-order valence-electron chi connectivity index (χ4n) is 2.20. The molecule has 1 saturated heterocycles. The molecule has 1 aliphatic heterocycles. The van der Waals surface area contributed by atoms with Gasteiger partial charge in [-0.15, -0.1) is 0 Å². The van der Waals surface area contributed by atoms with Crippen LogP contribution < -0.4 is 4.74 Å². The van der Waals surface area contributed by atoms with E-state index in [1.165, 1.54) is 0 Å². The first-order valence-corrected chi connectivity index (χ1v) is 6.94. The van der Waals surface area contributed by atoms with Gasteiger partial charge >= 0.3 is 0 Å². The Morgan fingerprint density at radius 3 is 2.79 bits per heavy atom. The minimum atomic E-state index is -0.545. The second-order valence-corrected chi connectivity index (χ2v) is 4.59. The van der Waals surface area contributed by atoms with E-state index in [1.807, 2.05) is 31.2 Å². The minimum absolute atomic E-state index is 0.178. The van der Waals surface area contributed by atoms with Crippen molar-refractivity contribution in [2.24, 2.45) is 0 Å². The lowest BCUT2D eigenvalue weighted by Crippen LogP contribution is -2.25. The van der Waals surface area contributed by atoms with Gasteiger partial charge in [0.05, 0.1) is 25.9 Å². The number of para-hydroxylation sites is 1.